The molecule has 110 valence electrons. The highest BCUT2D eigenvalue weighted by Gasteiger charge is 2.20. The fourth-order valence-corrected chi connectivity index (χ4v) is 3.92. The number of benzene rings is 1. The van der Waals surface area contributed by atoms with Gasteiger partial charge in [0.05, 0.1) is 10.3 Å². The Morgan fingerprint density at radius 3 is 3.05 bits per heavy atom. The van der Waals surface area contributed by atoms with Crippen molar-refractivity contribution >= 4 is 33.9 Å². The molecule has 1 fully saturated rings. The second-order valence-electron chi connectivity index (χ2n) is 5.19. The lowest BCUT2D eigenvalue weighted by molar-refractivity contribution is -0.382. The monoisotopic (exact) mass is 303 g/mol. The molecule has 0 aliphatic carbocycles. The SMILES string of the molecule is O=[N+]([O-])c1c(NCC2CCCCS2)ccc2cnccc12. The van der Waals surface area contributed by atoms with Gasteiger partial charge in [-0.3, -0.25) is 15.1 Å². The minimum Gasteiger partial charge on any atom is -0.378 e. The van der Waals surface area contributed by atoms with E-state index in [1.54, 1.807) is 24.5 Å². The lowest BCUT2D eigenvalue weighted by Gasteiger charge is -2.22. The number of pyridine rings is 1. The van der Waals surface area contributed by atoms with Gasteiger partial charge >= 0.3 is 0 Å². The molecule has 0 radical (unpaired) electrons. The molecule has 1 aromatic heterocycles. The number of nitrogens with one attached hydrogen (secondary N) is 1. The van der Waals surface area contributed by atoms with Crippen LogP contribution < -0.4 is 5.32 Å². The van der Waals surface area contributed by atoms with E-state index in [1.165, 1.54) is 25.0 Å². The van der Waals surface area contributed by atoms with Crippen LogP contribution in [0.15, 0.2) is 30.6 Å². The van der Waals surface area contributed by atoms with Crippen LogP contribution in [0.3, 0.4) is 0 Å². The fraction of sp³-hybridized carbons (Fsp3) is 0.400. The molecule has 1 aromatic carbocycles. The van der Waals surface area contributed by atoms with Crippen LogP contribution in [0.1, 0.15) is 19.3 Å². The Kier molecular flexibility index (Phi) is 4.24. The van der Waals surface area contributed by atoms with Crippen molar-refractivity contribution in [2.75, 3.05) is 17.6 Å². The Hall–Kier alpha value is -1.82. The molecule has 1 atom stereocenters. The van der Waals surface area contributed by atoms with Crippen LogP contribution in [0.25, 0.3) is 10.8 Å². The van der Waals surface area contributed by atoms with Crippen molar-refractivity contribution in [3.63, 3.8) is 0 Å². The summed E-state index contributed by atoms with van der Waals surface area (Å²) < 4.78 is 0. The molecule has 0 amide bonds. The van der Waals surface area contributed by atoms with Gasteiger partial charge in [-0.2, -0.15) is 11.8 Å². The number of nitrogens with zero attached hydrogens (tertiary/aromatic N) is 2. The lowest BCUT2D eigenvalue weighted by Crippen LogP contribution is -2.20. The Bertz CT molecular complexity index is 656. The van der Waals surface area contributed by atoms with Gasteiger partial charge in [0.2, 0.25) is 0 Å². The third-order valence-electron chi connectivity index (χ3n) is 3.77. The predicted octanol–water partition coefficient (Wildman–Crippen LogP) is 3.84. The third-order valence-corrected chi connectivity index (χ3v) is 5.17. The van der Waals surface area contributed by atoms with E-state index in [9.17, 15) is 10.1 Å². The van der Waals surface area contributed by atoms with Crippen molar-refractivity contribution in [1.82, 2.24) is 4.98 Å². The molecule has 1 N–H and O–H groups in total. The highest BCUT2D eigenvalue weighted by atomic mass is 32.2. The van der Waals surface area contributed by atoms with E-state index in [1.807, 2.05) is 17.8 Å². The predicted molar refractivity (Wildman–Crippen MR) is 87.0 cm³/mol. The summed E-state index contributed by atoms with van der Waals surface area (Å²) in [6, 6.07) is 5.37. The topological polar surface area (TPSA) is 68.1 Å². The Morgan fingerprint density at radius 1 is 1.38 bits per heavy atom. The quantitative estimate of drug-likeness (QED) is 0.686. The van der Waals surface area contributed by atoms with E-state index in [0.717, 1.165) is 11.9 Å². The van der Waals surface area contributed by atoms with E-state index < -0.39 is 0 Å². The fourth-order valence-electron chi connectivity index (χ4n) is 2.68. The summed E-state index contributed by atoms with van der Waals surface area (Å²) in [5.41, 5.74) is 0.751. The maximum atomic E-state index is 11.4. The van der Waals surface area contributed by atoms with Gasteiger partial charge < -0.3 is 5.32 Å². The number of aromatic nitrogens is 1. The smallest absolute Gasteiger partial charge is 0.300 e. The largest absolute Gasteiger partial charge is 0.378 e. The zero-order chi connectivity index (χ0) is 14.7. The number of rotatable bonds is 4. The first kappa shape index (κ1) is 14.1. The van der Waals surface area contributed by atoms with Gasteiger partial charge in [-0.05, 0) is 30.7 Å². The number of hydrogen-bond donors (Lipinski definition) is 1. The summed E-state index contributed by atoms with van der Waals surface area (Å²) in [5, 5.41) is 16.7. The summed E-state index contributed by atoms with van der Waals surface area (Å²) in [4.78, 5) is 15.1. The molecule has 1 unspecified atom stereocenters. The van der Waals surface area contributed by atoms with Crippen LogP contribution in [0.5, 0.6) is 0 Å². The van der Waals surface area contributed by atoms with E-state index in [-0.39, 0.29) is 10.6 Å². The van der Waals surface area contributed by atoms with E-state index in [2.05, 4.69) is 10.3 Å². The summed E-state index contributed by atoms with van der Waals surface area (Å²) in [7, 11) is 0. The molecule has 1 saturated heterocycles. The molecule has 6 heteroatoms. The molecule has 0 saturated carbocycles. The number of fused-ring (bicyclic) bond motifs is 1. The normalized spacial score (nSPS) is 18.6. The van der Waals surface area contributed by atoms with Crippen LogP contribution in [-0.4, -0.2) is 27.5 Å². The van der Waals surface area contributed by atoms with Crippen LogP contribution in [-0.2, 0) is 0 Å². The summed E-state index contributed by atoms with van der Waals surface area (Å²) in [5.74, 6) is 1.19. The molecule has 5 nitrogen and oxygen atoms in total. The number of anilines is 1. The van der Waals surface area contributed by atoms with Gasteiger partial charge in [-0.25, -0.2) is 0 Å². The van der Waals surface area contributed by atoms with Crippen molar-refractivity contribution in [1.29, 1.82) is 0 Å². The first-order chi connectivity index (χ1) is 10.3. The van der Waals surface area contributed by atoms with Crippen molar-refractivity contribution < 1.29 is 4.92 Å². The van der Waals surface area contributed by atoms with E-state index >= 15 is 0 Å². The molecule has 21 heavy (non-hydrogen) atoms. The maximum absolute atomic E-state index is 11.4. The van der Waals surface area contributed by atoms with Gasteiger partial charge in [-0.15, -0.1) is 0 Å². The second-order valence-corrected chi connectivity index (χ2v) is 6.59. The first-order valence-corrected chi connectivity index (χ1v) is 8.17. The summed E-state index contributed by atoms with van der Waals surface area (Å²) in [6.07, 6.45) is 6.97. The molecular formula is C15H17N3O2S. The van der Waals surface area contributed by atoms with Gasteiger partial charge in [0.15, 0.2) is 0 Å². The van der Waals surface area contributed by atoms with Gasteiger partial charge in [0.1, 0.15) is 5.69 Å². The van der Waals surface area contributed by atoms with Gasteiger partial charge in [-0.1, -0.05) is 12.5 Å². The second kappa shape index (κ2) is 6.30. The Labute approximate surface area is 127 Å². The van der Waals surface area contributed by atoms with Gasteiger partial charge in [0.25, 0.3) is 5.69 Å². The minimum absolute atomic E-state index is 0.149. The molecule has 1 aliphatic heterocycles. The minimum atomic E-state index is -0.307. The van der Waals surface area contributed by atoms with Crippen LogP contribution in [0.2, 0.25) is 0 Å². The zero-order valence-electron chi connectivity index (χ0n) is 11.6. The summed E-state index contributed by atoms with van der Waals surface area (Å²) in [6.45, 7) is 0.780. The maximum Gasteiger partial charge on any atom is 0.300 e. The first-order valence-electron chi connectivity index (χ1n) is 7.12. The van der Waals surface area contributed by atoms with Crippen molar-refractivity contribution in [2.24, 2.45) is 0 Å². The number of nitro benzene ring substituents is 1. The van der Waals surface area contributed by atoms with Gasteiger partial charge in [0, 0.05) is 29.6 Å². The van der Waals surface area contributed by atoms with Crippen LogP contribution in [0.4, 0.5) is 11.4 Å². The molecule has 3 rings (SSSR count). The number of thioether (sulfide) groups is 1. The van der Waals surface area contributed by atoms with E-state index in [4.69, 9.17) is 0 Å². The average Bonchev–Trinajstić information content (AvgIpc) is 2.53. The number of nitro groups is 1. The van der Waals surface area contributed by atoms with E-state index in [0.29, 0.717) is 16.3 Å². The molecule has 2 aromatic rings. The lowest BCUT2D eigenvalue weighted by atomic mass is 10.1. The highest BCUT2D eigenvalue weighted by molar-refractivity contribution is 7.99. The molecule has 0 spiro atoms. The number of hydrogen-bond acceptors (Lipinski definition) is 5. The van der Waals surface area contributed by atoms with Crippen LogP contribution in [0, 0.1) is 10.1 Å². The molecular weight excluding hydrogens is 286 g/mol. The van der Waals surface area contributed by atoms with Crippen molar-refractivity contribution in [2.45, 2.75) is 24.5 Å². The van der Waals surface area contributed by atoms with Crippen molar-refractivity contribution in [3.05, 3.63) is 40.7 Å². The molecule has 1 aliphatic rings. The third kappa shape index (κ3) is 3.10. The molecule has 2 heterocycles. The standard InChI is InChI=1S/C15H17N3O2S/c19-18(20)15-13-6-7-16-9-11(13)4-5-14(15)17-10-12-3-1-2-8-21-12/h4-7,9,12,17H,1-3,8,10H2. The summed E-state index contributed by atoms with van der Waals surface area (Å²) >= 11 is 1.96. The molecule has 0 bridgehead atoms. The average molecular weight is 303 g/mol. The Balaban J connectivity index is 1.87. The Morgan fingerprint density at radius 2 is 2.29 bits per heavy atom. The zero-order valence-corrected chi connectivity index (χ0v) is 12.4. The highest BCUT2D eigenvalue weighted by Crippen LogP contribution is 2.33. The van der Waals surface area contributed by atoms with Crippen molar-refractivity contribution in [3.8, 4) is 0 Å². The van der Waals surface area contributed by atoms with Crippen LogP contribution >= 0.6 is 11.8 Å².